The zero-order valence-electron chi connectivity index (χ0n) is 12.3. The average Bonchev–Trinajstić information content (AvgIpc) is 2.57. The van der Waals surface area contributed by atoms with E-state index < -0.39 is 5.60 Å². The lowest BCUT2D eigenvalue weighted by Crippen LogP contribution is -2.37. The lowest BCUT2D eigenvalue weighted by Gasteiger charge is -2.26. The summed E-state index contributed by atoms with van der Waals surface area (Å²) in [5.74, 6) is 0. The van der Waals surface area contributed by atoms with Gasteiger partial charge in [-0.3, -0.25) is 0 Å². The Bertz CT molecular complexity index is 502. The Labute approximate surface area is 123 Å². The normalized spacial score (nSPS) is 15.1. The summed E-state index contributed by atoms with van der Waals surface area (Å²) >= 11 is 1.48. The van der Waals surface area contributed by atoms with Gasteiger partial charge in [0.1, 0.15) is 5.60 Å². The van der Waals surface area contributed by atoms with Crippen LogP contribution >= 0.6 is 11.8 Å². The molecular formula is C13H20N4O2S. The summed E-state index contributed by atoms with van der Waals surface area (Å²) in [6, 6.07) is 0. The van der Waals surface area contributed by atoms with Crippen molar-refractivity contribution in [2.75, 3.05) is 24.7 Å². The second kappa shape index (κ2) is 5.87. The van der Waals surface area contributed by atoms with E-state index in [4.69, 9.17) is 4.74 Å². The first kappa shape index (κ1) is 14.9. The molecule has 1 N–H and O–H groups in total. The Balaban J connectivity index is 2.16. The second-order valence-electron chi connectivity index (χ2n) is 5.55. The molecule has 7 heteroatoms. The molecule has 0 saturated heterocycles. The molecule has 0 spiro atoms. The van der Waals surface area contributed by atoms with Crippen molar-refractivity contribution < 1.29 is 9.53 Å². The zero-order valence-corrected chi connectivity index (χ0v) is 13.1. The highest BCUT2D eigenvalue weighted by molar-refractivity contribution is 7.98. The lowest BCUT2D eigenvalue weighted by atomic mass is 10.2. The van der Waals surface area contributed by atoms with Gasteiger partial charge >= 0.3 is 6.09 Å². The van der Waals surface area contributed by atoms with Gasteiger partial charge < -0.3 is 15.0 Å². The van der Waals surface area contributed by atoms with Crippen molar-refractivity contribution >= 4 is 23.5 Å². The van der Waals surface area contributed by atoms with E-state index in [-0.39, 0.29) is 6.09 Å². The van der Waals surface area contributed by atoms with Gasteiger partial charge in [-0.2, -0.15) is 0 Å². The molecule has 0 aliphatic carbocycles. The maximum atomic E-state index is 12.2. The van der Waals surface area contributed by atoms with Crippen molar-refractivity contribution in [2.24, 2.45) is 0 Å². The molecule has 1 aliphatic rings. The number of nitrogens with zero attached hydrogens (tertiary/aromatic N) is 3. The molecule has 0 unspecified atom stereocenters. The molecule has 110 valence electrons. The number of aromatic nitrogens is 2. The number of hydrogen-bond acceptors (Lipinski definition) is 6. The standard InChI is InChI=1S/C13H20N4O2S/c1-13(2,3)19-12(18)17-6-5-14-9-7-15-11(20-4)16-10(9)8-17/h7,14H,5-6,8H2,1-4H3. The average molecular weight is 296 g/mol. The van der Waals surface area contributed by atoms with E-state index in [0.29, 0.717) is 24.8 Å². The highest BCUT2D eigenvalue weighted by atomic mass is 32.2. The van der Waals surface area contributed by atoms with Crippen LogP contribution in [0.15, 0.2) is 11.4 Å². The fourth-order valence-corrected chi connectivity index (χ4v) is 2.19. The van der Waals surface area contributed by atoms with E-state index in [1.165, 1.54) is 11.8 Å². The van der Waals surface area contributed by atoms with E-state index in [9.17, 15) is 4.79 Å². The third-order valence-electron chi connectivity index (χ3n) is 2.72. The molecule has 1 aliphatic heterocycles. The summed E-state index contributed by atoms with van der Waals surface area (Å²) < 4.78 is 5.41. The molecule has 2 heterocycles. The molecule has 6 nitrogen and oxygen atoms in total. The molecular weight excluding hydrogens is 276 g/mol. The molecule has 0 bridgehead atoms. The van der Waals surface area contributed by atoms with Crippen LogP contribution in [0, 0.1) is 0 Å². The van der Waals surface area contributed by atoms with E-state index in [0.717, 1.165) is 11.4 Å². The van der Waals surface area contributed by atoms with Crippen LogP contribution in [0.25, 0.3) is 0 Å². The number of nitrogens with one attached hydrogen (secondary N) is 1. The van der Waals surface area contributed by atoms with Gasteiger partial charge in [-0.15, -0.1) is 0 Å². The van der Waals surface area contributed by atoms with Crippen LogP contribution in [-0.2, 0) is 11.3 Å². The van der Waals surface area contributed by atoms with Gasteiger partial charge in [0.05, 0.1) is 24.1 Å². The molecule has 0 aromatic carbocycles. The fourth-order valence-electron chi connectivity index (χ4n) is 1.83. The van der Waals surface area contributed by atoms with Crippen molar-refractivity contribution in [1.29, 1.82) is 0 Å². The maximum absolute atomic E-state index is 12.2. The van der Waals surface area contributed by atoms with Gasteiger partial charge in [0.15, 0.2) is 5.16 Å². The van der Waals surface area contributed by atoms with Crippen LogP contribution in [0.2, 0.25) is 0 Å². The predicted molar refractivity (Wildman–Crippen MR) is 78.9 cm³/mol. The molecule has 20 heavy (non-hydrogen) atoms. The molecule has 0 atom stereocenters. The number of hydrogen-bond donors (Lipinski definition) is 1. The van der Waals surface area contributed by atoms with Crippen LogP contribution in [0.3, 0.4) is 0 Å². The Morgan fingerprint density at radius 2 is 2.25 bits per heavy atom. The smallest absolute Gasteiger partial charge is 0.410 e. The SMILES string of the molecule is CSc1ncc2c(n1)CN(C(=O)OC(C)(C)C)CCN2. The minimum Gasteiger partial charge on any atom is -0.444 e. The van der Waals surface area contributed by atoms with Crippen molar-refractivity contribution in [3.05, 3.63) is 11.9 Å². The fraction of sp³-hybridized carbons (Fsp3) is 0.615. The number of anilines is 1. The minimum atomic E-state index is -0.490. The number of carbonyl (C=O) groups is 1. The van der Waals surface area contributed by atoms with Crippen molar-refractivity contribution in [1.82, 2.24) is 14.9 Å². The van der Waals surface area contributed by atoms with E-state index in [2.05, 4.69) is 15.3 Å². The first-order chi connectivity index (χ1) is 9.39. The van der Waals surface area contributed by atoms with E-state index in [1.807, 2.05) is 27.0 Å². The lowest BCUT2D eigenvalue weighted by molar-refractivity contribution is 0.0242. The number of thioether (sulfide) groups is 1. The molecule has 1 aromatic rings. The second-order valence-corrected chi connectivity index (χ2v) is 6.32. The molecule has 1 aromatic heterocycles. The third kappa shape index (κ3) is 3.75. The number of ether oxygens (including phenoxy) is 1. The van der Waals surface area contributed by atoms with Crippen LogP contribution in [0.4, 0.5) is 10.5 Å². The summed E-state index contributed by atoms with van der Waals surface area (Å²) in [6.45, 7) is 7.27. The van der Waals surface area contributed by atoms with E-state index in [1.54, 1.807) is 11.1 Å². The first-order valence-electron chi connectivity index (χ1n) is 6.51. The van der Waals surface area contributed by atoms with E-state index >= 15 is 0 Å². The van der Waals surface area contributed by atoms with Crippen LogP contribution in [0.1, 0.15) is 26.5 Å². The van der Waals surface area contributed by atoms with Crippen molar-refractivity contribution in [3.63, 3.8) is 0 Å². The quantitative estimate of drug-likeness (QED) is 0.634. The maximum Gasteiger partial charge on any atom is 0.410 e. The van der Waals surface area contributed by atoms with Gasteiger partial charge in [0.2, 0.25) is 0 Å². The topological polar surface area (TPSA) is 67.4 Å². The van der Waals surface area contributed by atoms with Crippen LogP contribution in [0.5, 0.6) is 0 Å². The third-order valence-corrected chi connectivity index (χ3v) is 3.28. The Morgan fingerprint density at radius 3 is 2.90 bits per heavy atom. The number of carbonyl (C=O) groups excluding carboxylic acids is 1. The van der Waals surface area contributed by atoms with Crippen molar-refractivity contribution in [3.8, 4) is 0 Å². The Hall–Kier alpha value is -1.50. The highest BCUT2D eigenvalue weighted by Crippen LogP contribution is 2.21. The summed E-state index contributed by atoms with van der Waals surface area (Å²) in [5.41, 5.74) is 1.22. The van der Waals surface area contributed by atoms with Crippen LogP contribution in [-0.4, -0.2) is 45.9 Å². The molecule has 0 fully saturated rings. The summed E-state index contributed by atoms with van der Waals surface area (Å²) in [5, 5.41) is 3.95. The minimum absolute atomic E-state index is 0.309. The zero-order chi connectivity index (χ0) is 14.8. The molecule has 1 amide bonds. The van der Waals surface area contributed by atoms with Gasteiger partial charge in [-0.25, -0.2) is 14.8 Å². The van der Waals surface area contributed by atoms with Crippen LogP contribution < -0.4 is 5.32 Å². The van der Waals surface area contributed by atoms with Gasteiger partial charge in [-0.05, 0) is 27.0 Å². The summed E-state index contributed by atoms with van der Waals surface area (Å²) in [7, 11) is 0. The van der Waals surface area contributed by atoms with Gasteiger partial charge in [0, 0.05) is 13.1 Å². The number of rotatable bonds is 1. The van der Waals surface area contributed by atoms with Crippen molar-refractivity contribution in [2.45, 2.75) is 38.1 Å². The summed E-state index contributed by atoms with van der Waals surface area (Å²) in [6.07, 6.45) is 3.39. The van der Waals surface area contributed by atoms with Gasteiger partial charge in [0.25, 0.3) is 0 Å². The number of amides is 1. The Kier molecular flexibility index (Phi) is 4.37. The predicted octanol–water partition coefficient (Wildman–Crippen LogP) is 2.36. The molecule has 0 saturated carbocycles. The molecule has 2 rings (SSSR count). The monoisotopic (exact) mass is 296 g/mol. The number of fused-ring (bicyclic) bond motifs is 1. The highest BCUT2D eigenvalue weighted by Gasteiger charge is 2.25. The largest absolute Gasteiger partial charge is 0.444 e. The first-order valence-corrected chi connectivity index (χ1v) is 7.73. The Morgan fingerprint density at radius 1 is 1.50 bits per heavy atom. The molecule has 0 radical (unpaired) electrons. The van der Waals surface area contributed by atoms with Gasteiger partial charge in [-0.1, -0.05) is 11.8 Å². The summed E-state index contributed by atoms with van der Waals surface area (Å²) in [4.78, 5) is 22.5.